The summed E-state index contributed by atoms with van der Waals surface area (Å²) < 4.78 is 0. The summed E-state index contributed by atoms with van der Waals surface area (Å²) in [6, 6.07) is 16.7. The van der Waals surface area contributed by atoms with Crippen molar-refractivity contribution in [3.05, 3.63) is 59.8 Å². The van der Waals surface area contributed by atoms with Crippen molar-refractivity contribution in [1.82, 2.24) is 15.5 Å². The van der Waals surface area contributed by atoms with Gasteiger partial charge in [0, 0.05) is 30.2 Å². The van der Waals surface area contributed by atoms with E-state index in [2.05, 4.69) is 51.6 Å². The molecule has 2 N–H and O–H groups in total. The zero-order valence-corrected chi connectivity index (χ0v) is 15.0. The van der Waals surface area contributed by atoms with E-state index in [1.807, 2.05) is 24.3 Å². The highest BCUT2D eigenvalue weighted by atomic mass is 16.1. The number of piperidine rings is 1. The Morgan fingerprint density at radius 2 is 2.00 bits per heavy atom. The maximum Gasteiger partial charge on any atom is 0.226 e. The van der Waals surface area contributed by atoms with Gasteiger partial charge in [0.05, 0.1) is 17.6 Å². The van der Waals surface area contributed by atoms with Crippen LogP contribution < -0.4 is 10.2 Å². The Balaban J connectivity index is 1.32. The third-order valence-electron chi connectivity index (χ3n) is 5.10. The van der Waals surface area contributed by atoms with E-state index in [-0.39, 0.29) is 11.9 Å². The van der Waals surface area contributed by atoms with Crippen molar-refractivity contribution < 1.29 is 4.79 Å². The minimum Gasteiger partial charge on any atom is -0.371 e. The number of H-pyrrole nitrogens is 1. The molecule has 1 amide bonds. The van der Waals surface area contributed by atoms with Crippen molar-refractivity contribution in [3.8, 4) is 0 Å². The van der Waals surface area contributed by atoms with Crippen LogP contribution in [-0.4, -0.2) is 35.2 Å². The second-order valence-corrected chi connectivity index (χ2v) is 7.06. The first-order chi connectivity index (χ1) is 12.7. The number of fused-ring (bicyclic) bond motifs is 1. The van der Waals surface area contributed by atoms with E-state index in [4.69, 9.17) is 0 Å². The van der Waals surface area contributed by atoms with E-state index in [0.717, 1.165) is 42.5 Å². The van der Waals surface area contributed by atoms with Crippen LogP contribution in [0.25, 0.3) is 10.9 Å². The van der Waals surface area contributed by atoms with Crippen LogP contribution >= 0.6 is 0 Å². The van der Waals surface area contributed by atoms with Gasteiger partial charge in [0.25, 0.3) is 0 Å². The molecule has 0 aliphatic carbocycles. The quantitative estimate of drug-likeness (QED) is 0.761. The molecule has 26 heavy (non-hydrogen) atoms. The molecule has 1 aliphatic heterocycles. The molecule has 1 aromatic heterocycles. The molecule has 134 valence electrons. The molecule has 1 saturated heterocycles. The fourth-order valence-corrected chi connectivity index (χ4v) is 3.69. The van der Waals surface area contributed by atoms with Gasteiger partial charge in [-0.1, -0.05) is 30.3 Å². The molecule has 2 heterocycles. The molecule has 0 saturated carbocycles. The van der Waals surface area contributed by atoms with Crippen LogP contribution in [0, 0.1) is 6.92 Å². The number of carbonyl (C=O) groups excluding carboxylic acids is 1. The van der Waals surface area contributed by atoms with Gasteiger partial charge in [-0.15, -0.1) is 0 Å². The largest absolute Gasteiger partial charge is 0.371 e. The number of nitrogens with zero attached hydrogens (tertiary/aromatic N) is 2. The van der Waals surface area contributed by atoms with Gasteiger partial charge >= 0.3 is 0 Å². The summed E-state index contributed by atoms with van der Waals surface area (Å²) in [6.45, 7) is 4.07. The van der Waals surface area contributed by atoms with Crippen molar-refractivity contribution in [1.29, 1.82) is 0 Å². The number of hydrogen-bond donors (Lipinski definition) is 2. The topological polar surface area (TPSA) is 61.0 Å². The first-order valence-corrected chi connectivity index (χ1v) is 9.22. The number of para-hydroxylation sites is 1. The molecule has 0 spiro atoms. The lowest BCUT2D eigenvalue weighted by atomic mass is 10.0. The van der Waals surface area contributed by atoms with Gasteiger partial charge in [0.15, 0.2) is 0 Å². The zero-order chi connectivity index (χ0) is 17.9. The number of amides is 1. The average molecular weight is 348 g/mol. The predicted octanol–water partition coefficient (Wildman–Crippen LogP) is 3.20. The van der Waals surface area contributed by atoms with Crippen molar-refractivity contribution in [3.63, 3.8) is 0 Å². The summed E-state index contributed by atoms with van der Waals surface area (Å²) in [4.78, 5) is 14.8. The minimum absolute atomic E-state index is 0.0633. The highest BCUT2D eigenvalue weighted by Gasteiger charge is 2.21. The molecule has 2 aromatic carbocycles. The lowest BCUT2D eigenvalue weighted by Gasteiger charge is -2.34. The number of anilines is 1. The SMILES string of the molecule is Cc1cccc(N2CCC(NC(=O)Cc3[nH]nc4ccccc34)CC2)c1. The van der Waals surface area contributed by atoms with Crippen molar-refractivity contribution >= 4 is 22.5 Å². The summed E-state index contributed by atoms with van der Waals surface area (Å²) in [6.07, 6.45) is 2.30. The third kappa shape index (κ3) is 3.57. The number of carbonyl (C=O) groups is 1. The van der Waals surface area contributed by atoms with Gasteiger partial charge in [0.2, 0.25) is 5.91 Å². The molecule has 1 aliphatic rings. The second-order valence-electron chi connectivity index (χ2n) is 7.06. The number of nitrogens with one attached hydrogen (secondary N) is 2. The highest BCUT2D eigenvalue weighted by molar-refractivity contribution is 5.87. The van der Waals surface area contributed by atoms with Crippen molar-refractivity contribution in [2.75, 3.05) is 18.0 Å². The Labute approximate surface area is 153 Å². The minimum atomic E-state index is 0.0633. The maximum absolute atomic E-state index is 12.4. The zero-order valence-electron chi connectivity index (χ0n) is 15.0. The van der Waals surface area contributed by atoms with Crippen LogP contribution in [0.3, 0.4) is 0 Å². The first kappa shape index (κ1) is 16.6. The van der Waals surface area contributed by atoms with E-state index >= 15 is 0 Å². The summed E-state index contributed by atoms with van der Waals surface area (Å²) in [7, 11) is 0. The molecule has 0 radical (unpaired) electrons. The second kappa shape index (κ2) is 7.20. The van der Waals surface area contributed by atoms with E-state index in [1.54, 1.807) is 0 Å². The Morgan fingerprint density at radius 3 is 2.81 bits per heavy atom. The van der Waals surface area contributed by atoms with Crippen LogP contribution in [0.5, 0.6) is 0 Å². The predicted molar refractivity (Wildman–Crippen MR) is 104 cm³/mol. The third-order valence-corrected chi connectivity index (χ3v) is 5.10. The summed E-state index contributed by atoms with van der Waals surface area (Å²) in [5, 5.41) is 11.5. The number of aryl methyl sites for hydroxylation is 1. The molecular formula is C21H24N4O. The van der Waals surface area contributed by atoms with E-state index in [1.165, 1.54) is 11.3 Å². The monoisotopic (exact) mass is 348 g/mol. The molecule has 1 fully saturated rings. The fraction of sp³-hybridized carbons (Fsp3) is 0.333. The van der Waals surface area contributed by atoms with E-state index in [0.29, 0.717) is 6.42 Å². The number of aromatic nitrogens is 2. The Bertz CT molecular complexity index is 909. The molecule has 3 aromatic rings. The van der Waals surface area contributed by atoms with E-state index in [9.17, 15) is 4.79 Å². The normalized spacial score (nSPS) is 15.3. The van der Waals surface area contributed by atoms with E-state index < -0.39 is 0 Å². The standard InChI is InChI=1S/C21H24N4O/c1-15-5-4-6-17(13-15)25-11-9-16(10-12-25)22-21(26)14-20-18-7-2-3-8-19(18)23-24-20/h2-8,13,16H,9-12,14H2,1H3,(H,22,26)(H,23,24). The summed E-state index contributed by atoms with van der Waals surface area (Å²) >= 11 is 0. The summed E-state index contributed by atoms with van der Waals surface area (Å²) in [5.74, 6) is 0.0633. The molecule has 5 nitrogen and oxygen atoms in total. The maximum atomic E-state index is 12.4. The van der Waals surface area contributed by atoms with Crippen LogP contribution in [0.15, 0.2) is 48.5 Å². The van der Waals surface area contributed by atoms with Gasteiger partial charge in [0.1, 0.15) is 0 Å². The number of benzene rings is 2. The molecule has 4 rings (SSSR count). The fourth-order valence-electron chi connectivity index (χ4n) is 3.69. The molecular weight excluding hydrogens is 324 g/mol. The van der Waals surface area contributed by atoms with Gasteiger partial charge < -0.3 is 10.2 Å². The number of rotatable bonds is 4. The van der Waals surface area contributed by atoms with Crippen molar-refractivity contribution in [2.45, 2.75) is 32.2 Å². The highest BCUT2D eigenvalue weighted by Crippen LogP contribution is 2.21. The molecule has 0 atom stereocenters. The van der Waals surface area contributed by atoms with Crippen LogP contribution in [0.4, 0.5) is 5.69 Å². The molecule has 5 heteroatoms. The molecule has 0 unspecified atom stereocenters. The molecule has 0 bridgehead atoms. The van der Waals surface area contributed by atoms with Gasteiger partial charge in [-0.3, -0.25) is 9.89 Å². The van der Waals surface area contributed by atoms with Gasteiger partial charge in [-0.05, 0) is 43.5 Å². The summed E-state index contributed by atoms with van der Waals surface area (Å²) in [5.41, 5.74) is 4.35. The lowest BCUT2D eigenvalue weighted by Crippen LogP contribution is -2.45. The van der Waals surface area contributed by atoms with Crippen LogP contribution in [-0.2, 0) is 11.2 Å². The Morgan fingerprint density at radius 1 is 1.19 bits per heavy atom. The first-order valence-electron chi connectivity index (χ1n) is 9.22. The van der Waals surface area contributed by atoms with Gasteiger partial charge in [-0.25, -0.2) is 0 Å². The lowest BCUT2D eigenvalue weighted by molar-refractivity contribution is -0.121. The van der Waals surface area contributed by atoms with Gasteiger partial charge in [-0.2, -0.15) is 5.10 Å². The van der Waals surface area contributed by atoms with Crippen LogP contribution in [0.2, 0.25) is 0 Å². The smallest absolute Gasteiger partial charge is 0.226 e. The average Bonchev–Trinajstić information content (AvgIpc) is 3.05. The number of aromatic amines is 1. The Hall–Kier alpha value is -2.82. The van der Waals surface area contributed by atoms with Crippen molar-refractivity contribution in [2.24, 2.45) is 0 Å². The van der Waals surface area contributed by atoms with Crippen LogP contribution in [0.1, 0.15) is 24.1 Å². The number of hydrogen-bond acceptors (Lipinski definition) is 3. The Kier molecular flexibility index (Phi) is 4.61.